The lowest BCUT2D eigenvalue weighted by Crippen LogP contribution is -2.40. The zero-order valence-corrected chi connectivity index (χ0v) is 9.34. The largest absolute Gasteiger partial charge is 0.321 e. The van der Waals surface area contributed by atoms with Gasteiger partial charge in [0.15, 0.2) is 5.78 Å². The molecule has 78 valence electrons. The number of carbonyl (C=O) groups is 1. The molecule has 0 radical (unpaired) electrons. The minimum absolute atomic E-state index is 0.0703. The Balaban J connectivity index is 4.18. The van der Waals surface area contributed by atoms with Crippen molar-refractivity contribution in [3.8, 4) is 0 Å². The standard InChI is InChI=1S/C11H23NO/c1-5-7-9(6-2)10(12)11(13)8(3)4/h8-10H,5-7,12H2,1-4H3. The number of carbonyl (C=O) groups excluding carboxylic acids is 1. The van der Waals surface area contributed by atoms with E-state index < -0.39 is 0 Å². The summed E-state index contributed by atoms with van der Waals surface area (Å²) >= 11 is 0. The number of hydrogen-bond acceptors (Lipinski definition) is 2. The van der Waals surface area contributed by atoms with Gasteiger partial charge in [-0.25, -0.2) is 0 Å². The molecule has 0 bridgehead atoms. The first-order valence-electron chi connectivity index (χ1n) is 5.33. The Labute approximate surface area is 81.9 Å². The average molecular weight is 185 g/mol. The van der Waals surface area contributed by atoms with E-state index in [9.17, 15) is 4.79 Å². The van der Waals surface area contributed by atoms with Gasteiger partial charge in [0.2, 0.25) is 0 Å². The van der Waals surface area contributed by atoms with Crippen LogP contribution in [0, 0.1) is 11.8 Å². The summed E-state index contributed by atoms with van der Waals surface area (Å²) in [5, 5.41) is 0. The number of ketones is 1. The number of Topliss-reactive ketones (excluding diaryl/α,β-unsaturated/α-hetero) is 1. The highest BCUT2D eigenvalue weighted by Gasteiger charge is 2.23. The van der Waals surface area contributed by atoms with Gasteiger partial charge in [-0.3, -0.25) is 4.79 Å². The molecule has 0 aromatic rings. The Morgan fingerprint density at radius 2 is 1.85 bits per heavy atom. The van der Waals surface area contributed by atoms with Gasteiger partial charge in [-0.15, -0.1) is 0 Å². The van der Waals surface area contributed by atoms with E-state index in [1.54, 1.807) is 0 Å². The summed E-state index contributed by atoms with van der Waals surface area (Å²) < 4.78 is 0. The molecule has 0 heterocycles. The van der Waals surface area contributed by atoms with Crippen LogP contribution in [0.1, 0.15) is 47.0 Å². The van der Waals surface area contributed by atoms with Crippen molar-refractivity contribution in [1.29, 1.82) is 0 Å². The van der Waals surface area contributed by atoms with E-state index in [1.165, 1.54) is 0 Å². The molecular formula is C11H23NO. The van der Waals surface area contributed by atoms with E-state index in [1.807, 2.05) is 13.8 Å². The summed E-state index contributed by atoms with van der Waals surface area (Å²) in [6.45, 7) is 8.07. The van der Waals surface area contributed by atoms with Crippen molar-refractivity contribution >= 4 is 5.78 Å². The Bertz CT molecular complexity index is 154. The molecule has 0 saturated heterocycles. The minimum Gasteiger partial charge on any atom is -0.321 e. The summed E-state index contributed by atoms with van der Waals surface area (Å²) in [6.07, 6.45) is 3.18. The van der Waals surface area contributed by atoms with Crippen LogP contribution in [0.2, 0.25) is 0 Å². The van der Waals surface area contributed by atoms with Crippen LogP contribution in [0.3, 0.4) is 0 Å². The van der Waals surface area contributed by atoms with Crippen LogP contribution in [-0.2, 0) is 4.79 Å². The molecule has 13 heavy (non-hydrogen) atoms. The molecule has 0 rings (SSSR count). The zero-order chi connectivity index (χ0) is 10.4. The normalized spacial score (nSPS) is 15.8. The van der Waals surface area contributed by atoms with Gasteiger partial charge in [0.25, 0.3) is 0 Å². The van der Waals surface area contributed by atoms with Crippen molar-refractivity contribution in [2.45, 2.75) is 53.0 Å². The summed E-state index contributed by atoms with van der Waals surface area (Å²) in [4.78, 5) is 11.6. The molecule has 0 aromatic carbocycles. The molecular weight excluding hydrogens is 162 g/mol. The van der Waals surface area contributed by atoms with Crippen LogP contribution < -0.4 is 5.73 Å². The maximum absolute atomic E-state index is 11.6. The molecule has 0 fully saturated rings. The van der Waals surface area contributed by atoms with E-state index >= 15 is 0 Å². The maximum Gasteiger partial charge on any atom is 0.152 e. The molecule has 0 aromatic heterocycles. The summed E-state index contributed by atoms with van der Waals surface area (Å²) in [7, 11) is 0. The lowest BCUT2D eigenvalue weighted by Gasteiger charge is -2.22. The summed E-state index contributed by atoms with van der Waals surface area (Å²) in [6, 6.07) is -0.245. The average Bonchev–Trinajstić information content (AvgIpc) is 2.11. The van der Waals surface area contributed by atoms with Gasteiger partial charge < -0.3 is 5.73 Å². The van der Waals surface area contributed by atoms with Gasteiger partial charge in [-0.1, -0.05) is 40.5 Å². The third kappa shape index (κ3) is 3.90. The third-order valence-electron chi connectivity index (χ3n) is 2.59. The molecule has 0 aliphatic rings. The highest BCUT2D eigenvalue weighted by atomic mass is 16.1. The lowest BCUT2D eigenvalue weighted by molar-refractivity contribution is -0.124. The fourth-order valence-corrected chi connectivity index (χ4v) is 1.63. The van der Waals surface area contributed by atoms with Crippen molar-refractivity contribution in [3.05, 3.63) is 0 Å². The molecule has 2 N–H and O–H groups in total. The van der Waals surface area contributed by atoms with E-state index in [0.29, 0.717) is 5.92 Å². The molecule has 0 aliphatic heterocycles. The highest BCUT2D eigenvalue weighted by molar-refractivity contribution is 5.85. The van der Waals surface area contributed by atoms with Crippen molar-refractivity contribution in [3.63, 3.8) is 0 Å². The Hall–Kier alpha value is -0.370. The molecule has 2 heteroatoms. The van der Waals surface area contributed by atoms with Crippen molar-refractivity contribution < 1.29 is 4.79 Å². The van der Waals surface area contributed by atoms with Crippen LogP contribution in [0.4, 0.5) is 0 Å². The fraction of sp³-hybridized carbons (Fsp3) is 0.909. The SMILES string of the molecule is CCCC(CC)C(N)C(=O)C(C)C. The molecule has 0 aliphatic carbocycles. The van der Waals surface area contributed by atoms with E-state index in [-0.39, 0.29) is 17.7 Å². The monoisotopic (exact) mass is 185 g/mol. The van der Waals surface area contributed by atoms with E-state index in [0.717, 1.165) is 19.3 Å². The quantitative estimate of drug-likeness (QED) is 0.690. The Morgan fingerprint density at radius 1 is 1.31 bits per heavy atom. The Kier molecular flexibility index (Phi) is 5.97. The second-order valence-electron chi connectivity index (χ2n) is 4.04. The molecule has 2 nitrogen and oxygen atoms in total. The fourth-order valence-electron chi connectivity index (χ4n) is 1.63. The molecule has 2 unspecified atom stereocenters. The molecule has 2 atom stereocenters. The van der Waals surface area contributed by atoms with E-state index in [2.05, 4.69) is 13.8 Å². The van der Waals surface area contributed by atoms with Gasteiger partial charge in [0, 0.05) is 5.92 Å². The minimum atomic E-state index is -0.245. The van der Waals surface area contributed by atoms with Crippen LogP contribution in [0.25, 0.3) is 0 Å². The van der Waals surface area contributed by atoms with Crippen LogP contribution in [0.15, 0.2) is 0 Å². The Morgan fingerprint density at radius 3 is 2.15 bits per heavy atom. The van der Waals surface area contributed by atoms with Gasteiger partial charge >= 0.3 is 0 Å². The van der Waals surface area contributed by atoms with Gasteiger partial charge in [-0.05, 0) is 12.3 Å². The van der Waals surface area contributed by atoms with Crippen molar-refractivity contribution in [2.75, 3.05) is 0 Å². The smallest absolute Gasteiger partial charge is 0.152 e. The van der Waals surface area contributed by atoms with Crippen LogP contribution in [-0.4, -0.2) is 11.8 Å². The number of hydrogen-bond donors (Lipinski definition) is 1. The summed E-state index contributed by atoms with van der Waals surface area (Å²) in [5.41, 5.74) is 5.91. The van der Waals surface area contributed by atoms with Crippen molar-refractivity contribution in [1.82, 2.24) is 0 Å². The van der Waals surface area contributed by atoms with Gasteiger partial charge in [0.05, 0.1) is 6.04 Å². The number of rotatable bonds is 6. The number of nitrogens with two attached hydrogens (primary N) is 1. The predicted octanol–water partition coefficient (Wildman–Crippen LogP) is 2.37. The molecule has 0 spiro atoms. The van der Waals surface area contributed by atoms with Gasteiger partial charge in [-0.2, -0.15) is 0 Å². The summed E-state index contributed by atoms with van der Waals surface area (Å²) in [5.74, 6) is 0.654. The topological polar surface area (TPSA) is 43.1 Å². The van der Waals surface area contributed by atoms with E-state index in [4.69, 9.17) is 5.73 Å². The first-order valence-corrected chi connectivity index (χ1v) is 5.33. The van der Waals surface area contributed by atoms with Crippen molar-refractivity contribution in [2.24, 2.45) is 17.6 Å². The van der Waals surface area contributed by atoms with Crippen LogP contribution in [0.5, 0.6) is 0 Å². The first-order chi connectivity index (χ1) is 6.04. The third-order valence-corrected chi connectivity index (χ3v) is 2.59. The zero-order valence-electron chi connectivity index (χ0n) is 9.34. The van der Waals surface area contributed by atoms with Gasteiger partial charge in [0.1, 0.15) is 0 Å². The first kappa shape index (κ1) is 12.6. The predicted molar refractivity (Wildman–Crippen MR) is 56.5 cm³/mol. The maximum atomic E-state index is 11.6. The molecule has 0 saturated carbocycles. The highest BCUT2D eigenvalue weighted by Crippen LogP contribution is 2.17. The molecule has 0 amide bonds. The second-order valence-corrected chi connectivity index (χ2v) is 4.04. The van der Waals surface area contributed by atoms with Crippen LogP contribution >= 0.6 is 0 Å². The second kappa shape index (κ2) is 6.14. The lowest BCUT2D eigenvalue weighted by atomic mass is 9.87.